The predicted octanol–water partition coefficient (Wildman–Crippen LogP) is 1.31. The van der Waals surface area contributed by atoms with Gasteiger partial charge in [-0.3, -0.25) is 4.79 Å². The van der Waals surface area contributed by atoms with Gasteiger partial charge in [0, 0.05) is 18.7 Å². The van der Waals surface area contributed by atoms with Crippen molar-refractivity contribution < 1.29 is 13.2 Å². The van der Waals surface area contributed by atoms with Gasteiger partial charge in [-0.15, -0.1) is 0 Å². The van der Waals surface area contributed by atoms with Crippen LogP contribution >= 0.6 is 0 Å². The molecule has 1 aromatic carbocycles. The van der Waals surface area contributed by atoms with Crippen LogP contribution in [0.25, 0.3) is 0 Å². The molecule has 1 heterocycles. The maximum absolute atomic E-state index is 12.2. The summed E-state index contributed by atoms with van der Waals surface area (Å²) in [7, 11) is -3.50. The fourth-order valence-electron chi connectivity index (χ4n) is 2.38. The molecule has 0 bridgehead atoms. The highest BCUT2D eigenvalue weighted by Crippen LogP contribution is 2.15. The highest BCUT2D eigenvalue weighted by atomic mass is 32.2. The molecule has 1 aliphatic rings. The standard InChI is InChI=1S/C15H23N3O3S/c1-2-15(19)18-13-5-7-14(8-6-13)22(20,21)17-11-12-4-3-9-16-10-12/h5-8,12,16-17H,2-4,9-11H2,1H3,(H,18,19). The first-order valence-corrected chi connectivity index (χ1v) is 9.10. The summed E-state index contributed by atoms with van der Waals surface area (Å²) in [5, 5.41) is 5.96. The molecule has 1 unspecified atom stereocenters. The molecule has 2 rings (SSSR count). The van der Waals surface area contributed by atoms with E-state index in [0.717, 1.165) is 25.9 Å². The van der Waals surface area contributed by atoms with Crippen LogP contribution in [0.2, 0.25) is 0 Å². The second kappa shape index (κ2) is 7.71. The summed E-state index contributed by atoms with van der Waals surface area (Å²) >= 11 is 0. The van der Waals surface area contributed by atoms with E-state index in [1.807, 2.05) is 0 Å². The van der Waals surface area contributed by atoms with Gasteiger partial charge in [0.15, 0.2) is 0 Å². The van der Waals surface area contributed by atoms with Gasteiger partial charge in [-0.25, -0.2) is 13.1 Å². The highest BCUT2D eigenvalue weighted by molar-refractivity contribution is 7.89. The van der Waals surface area contributed by atoms with Crippen molar-refractivity contribution in [3.05, 3.63) is 24.3 Å². The first-order valence-electron chi connectivity index (χ1n) is 7.61. The van der Waals surface area contributed by atoms with Crippen molar-refractivity contribution in [1.82, 2.24) is 10.0 Å². The quantitative estimate of drug-likeness (QED) is 0.736. The van der Waals surface area contributed by atoms with Gasteiger partial charge in [0.2, 0.25) is 15.9 Å². The second-order valence-corrected chi connectivity index (χ2v) is 7.26. The lowest BCUT2D eigenvalue weighted by atomic mass is 10.0. The van der Waals surface area contributed by atoms with E-state index < -0.39 is 10.0 Å². The summed E-state index contributed by atoms with van der Waals surface area (Å²) in [6, 6.07) is 6.22. The van der Waals surface area contributed by atoms with Gasteiger partial charge < -0.3 is 10.6 Å². The van der Waals surface area contributed by atoms with E-state index in [1.54, 1.807) is 19.1 Å². The number of hydrogen-bond donors (Lipinski definition) is 3. The molecule has 1 fully saturated rings. The van der Waals surface area contributed by atoms with Crippen molar-refractivity contribution in [3.8, 4) is 0 Å². The molecule has 1 saturated heterocycles. The van der Waals surface area contributed by atoms with E-state index >= 15 is 0 Å². The minimum Gasteiger partial charge on any atom is -0.326 e. The maximum Gasteiger partial charge on any atom is 0.240 e. The van der Waals surface area contributed by atoms with Crippen molar-refractivity contribution >= 4 is 21.6 Å². The largest absolute Gasteiger partial charge is 0.326 e. The molecule has 7 heteroatoms. The molecule has 1 aromatic rings. The lowest BCUT2D eigenvalue weighted by molar-refractivity contribution is -0.115. The van der Waals surface area contributed by atoms with Crippen LogP contribution in [0.15, 0.2) is 29.2 Å². The SMILES string of the molecule is CCC(=O)Nc1ccc(S(=O)(=O)NCC2CCCNC2)cc1. The van der Waals surface area contributed by atoms with Crippen molar-refractivity contribution in [2.75, 3.05) is 25.0 Å². The monoisotopic (exact) mass is 325 g/mol. The molecule has 0 spiro atoms. The van der Waals surface area contributed by atoms with Crippen LogP contribution in [0.4, 0.5) is 5.69 Å². The fourth-order valence-corrected chi connectivity index (χ4v) is 3.49. The molecule has 122 valence electrons. The molecule has 1 amide bonds. The minimum atomic E-state index is -3.50. The summed E-state index contributed by atoms with van der Waals surface area (Å²) in [6.07, 6.45) is 2.51. The van der Waals surface area contributed by atoms with E-state index in [0.29, 0.717) is 24.6 Å². The summed E-state index contributed by atoms with van der Waals surface area (Å²) < 4.78 is 27.2. The van der Waals surface area contributed by atoms with Crippen LogP contribution in [0, 0.1) is 5.92 Å². The van der Waals surface area contributed by atoms with E-state index in [9.17, 15) is 13.2 Å². The molecule has 0 aliphatic carbocycles. The normalized spacial score (nSPS) is 18.9. The van der Waals surface area contributed by atoms with Gasteiger partial charge in [0.1, 0.15) is 0 Å². The Balaban J connectivity index is 1.95. The molecule has 22 heavy (non-hydrogen) atoms. The molecule has 6 nitrogen and oxygen atoms in total. The zero-order valence-corrected chi connectivity index (χ0v) is 13.6. The molecular formula is C15H23N3O3S. The fraction of sp³-hybridized carbons (Fsp3) is 0.533. The first kappa shape index (κ1) is 16.9. The van der Waals surface area contributed by atoms with Gasteiger partial charge in [-0.05, 0) is 56.1 Å². The Kier molecular flexibility index (Phi) is 5.93. The van der Waals surface area contributed by atoms with Gasteiger partial charge in [-0.1, -0.05) is 6.92 Å². The number of carbonyl (C=O) groups excluding carboxylic acids is 1. The molecule has 3 N–H and O–H groups in total. The topological polar surface area (TPSA) is 87.3 Å². The summed E-state index contributed by atoms with van der Waals surface area (Å²) in [5.41, 5.74) is 0.599. The lowest BCUT2D eigenvalue weighted by Crippen LogP contribution is -2.38. The van der Waals surface area contributed by atoms with Crippen molar-refractivity contribution in [3.63, 3.8) is 0 Å². The van der Waals surface area contributed by atoms with Gasteiger partial charge in [0.05, 0.1) is 4.90 Å². The summed E-state index contributed by atoms with van der Waals surface area (Å²) in [4.78, 5) is 11.5. The number of hydrogen-bond acceptors (Lipinski definition) is 4. The lowest BCUT2D eigenvalue weighted by Gasteiger charge is -2.22. The minimum absolute atomic E-state index is 0.0986. The van der Waals surface area contributed by atoms with E-state index in [-0.39, 0.29) is 10.8 Å². The predicted molar refractivity (Wildman–Crippen MR) is 86.1 cm³/mol. The number of nitrogens with one attached hydrogen (secondary N) is 3. The highest BCUT2D eigenvalue weighted by Gasteiger charge is 2.18. The number of piperidine rings is 1. The zero-order valence-electron chi connectivity index (χ0n) is 12.8. The third-order valence-corrected chi connectivity index (χ3v) is 5.17. The average Bonchev–Trinajstić information content (AvgIpc) is 2.54. The van der Waals surface area contributed by atoms with E-state index in [4.69, 9.17) is 0 Å². The molecule has 0 aromatic heterocycles. The van der Waals surface area contributed by atoms with Crippen LogP contribution < -0.4 is 15.4 Å². The molecule has 0 radical (unpaired) electrons. The Hall–Kier alpha value is -1.44. The van der Waals surface area contributed by atoms with E-state index in [2.05, 4.69) is 15.4 Å². The number of sulfonamides is 1. The van der Waals surface area contributed by atoms with Gasteiger partial charge in [-0.2, -0.15) is 0 Å². The Labute approximate surface area is 131 Å². The third kappa shape index (κ3) is 4.79. The van der Waals surface area contributed by atoms with Crippen LogP contribution in [0.5, 0.6) is 0 Å². The van der Waals surface area contributed by atoms with Crippen molar-refractivity contribution in [2.24, 2.45) is 5.92 Å². The average molecular weight is 325 g/mol. The molecule has 1 atom stereocenters. The maximum atomic E-state index is 12.2. The van der Waals surface area contributed by atoms with Crippen LogP contribution in [0.1, 0.15) is 26.2 Å². The Morgan fingerprint density at radius 2 is 2.05 bits per heavy atom. The third-order valence-electron chi connectivity index (χ3n) is 3.73. The van der Waals surface area contributed by atoms with Gasteiger partial charge >= 0.3 is 0 Å². The Bertz CT molecular complexity index is 593. The van der Waals surface area contributed by atoms with Crippen LogP contribution in [-0.2, 0) is 14.8 Å². The Morgan fingerprint density at radius 1 is 1.32 bits per heavy atom. The molecule has 0 saturated carbocycles. The Morgan fingerprint density at radius 3 is 2.64 bits per heavy atom. The first-order chi connectivity index (χ1) is 10.5. The molecular weight excluding hydrogens is 302 g/mol. The van der Waals surface area contributed by atoms with Crippen molar-refractivity contribution in [2.45, 2.75) is 31.1 Å². The molecule has 1 aliphatic heterocycles. The van der Waals surface area contributed by atoms with Gasteiger partial charge in [0.25, 0.3) is 0 Å². The number of amides is 1. The summed E-state index contributed by atoms with van der Waals surface area (Å²) in [5.74, 6) is 0.241. The zero-order chi connectivity index (χ0) is 16.0. The number of carbonyl (C=O) groups is 1. The van der Waals surface area contributed by atoms with Crippen LogP contribution in [-0.4, -0.2) is 34.0 Å². The van der Waals surface area contributed by atoms with E-state index in [1.165, 1.54) is 12.1 Å². The van der Waals surface area contributed by atoms with Crippen molar-refractivity contribution in [1.29, 1.82) is 0 Å². The summed E-state index contributed by atoms with van der Waals surface area (Å²) in [6.45, 7) is 4.07. The number of anilines is 1. The number of rotatable bonds is 6. The van der Waals surface area contributed by atoms with Crippen LogP contribution in [0.3, 0.4) is 0 Å². The second-order valence-electron chi connectivity index (χ2n) is 5.49. The number of benzene rings is 1. The smallest absolute Gasteiger partial charge is 0.240 e.